The first-order valence-electron chi connectivity index (χ1n) is 9.01. The second kappa shape index (κ2) is 5.47. The van der Waals surface area contributed by atoms with Crippen molar-refractivity contribution in [2.45, 2.75) is 58.8 Å². The number of rotatable bonds is 3. The highest BCUT2D eigenvalue weighted by Crippen LogP contribution is 2.63. The summed E-state index contributed by atoms with van der Waals surface area (Å²) in [6, 6.07) is 0. The number of carboxylic acids is 1. The van der Waals surface area contributed by atoms with Crippen LogP contribution in [-0.2, 0) is 4.79 Å². The summed E-state index contributed by atoms with van der Waals surface area (Å²) < 4.78 is 0. The Morgan fingerprint density at radius 3 is 2.70 bits per heavy atom. The molecule has 5 atom stereocenters. The van der Waals surface area contributed by atoms with Crippen molar-refractivity contribution in [3.05, 3.63) is 24.3 Å². The Morgan fingerprint density at radius 2 is 2.09 bits per heavy atom. The molecular weight excluding hydrogens is 288 g/mol. The van der Waals surface area contributed by atoms with Crippen LogP contribution in [0.15, 0.2) is 24.3 Å². The van der Waals surface area contributed by atoms with Gasteiger partial charge in [-0.15, -0.1) is 6.58 Å². The molecule has 2 N–H and O–H groups in total. The third kappa shape index (κ3) is 2.31. The van der Waals surface area contributed by atoms with Crippen molar-refractivity contribution in [2.75, 3.05) is 6.61 Å². The van der Waals surface area contributed by atoms with Crippen LogP contribution in [0.4, 0.5) is 0 Å². The summed E-state index contributed by atoms with van der Waals surface area (Å²) in [6.07, 6.45) is 11.0. The van der Waals surface area contributed by atoms with Gasteiger partial charge >= 0.3 is 5.97 Å². The molecule has 0 aromatic rings. The highest BCUT2D eigenvalue weighted by molar-refractivity contribution is 5.75. The highest BCUT2D eigenvalue weighted by Gasteiger charge is 2.58. The number of carbonyl (C=O) groups is 1. The summed E-state index contributed by atoms with van der Waals surface area (Å²) in [4.78, 5) is 12.0. The molecule has 23 heavy (non-hydrogen) atoms. The molecule has 0 amide bonds. The summed E-state index contributed by atoms with van der Waals surface area (Å²) in [5.74, 6) is 0.112. The van der Waals surface area contributed by atoms with E-state index in [1.165, 1.54) is 5.57 Å². The van der Waals surface area contributed by atoms with E-state index in [1.807, 2.05) is 13.0 Å². The van der Waals surface area contributed by atoms with Crippen molar-refractivity contribution in [1.29, 1.82) is 0 Å². The van der Waals surface area contributed by atoms with E-state index < -0.39 is 11.4 Å². The molecule has 0 aromatic carbocycles. The smallest absolute Gasteiger partial charge is 0.309 e. The highest BCUT2D eigenvalue weighted by atomic mass is 16.4. The number of allylic oxidation sites excluding steroid dienone is 1. The second-order valence-corrected chi connectivity index (χ2v) is 8.58. The van der Waals surface area contributed by atoms with Crippen molar-refractivity contribution in [1.82, 2.24) is 0 Å². The van der Waals surface area contributed by atoms with E-state index in [9.17, 15) is 15.0 Å². The van der Waals surface area contributed by atoms with Crippen LogP contribution >= 0.6 is 0 Å². The minimum absolute atomic E-state index is 0.0816. The molecule has 3 aliphatic rings. The van der Waals surface area contributed by atoms with E-state index in [0.717, 1.165) is 44.9 Å². The fourth-order valence-corrected chi connectivity index (χ4v) is 6.04. The van der Waals surface area contributed by atoms with Crippen LogP contribution in [0.1, 0.15) is 58.8 Å². The van der Waals surface area contributed by atoms with Crippen molar-refractivity contribution in [3.8, 4) is 0 Å². The Morgan fingerprint density at radius 1 is 1.35 bits per heavy atom. The average Bonchev–Trinajstić information content (AvgIpc) is 2.54. The van der Waals surface area contributed by atoms with Gasteiger partial charge in [-0.3, -0.25) is 4.79 Å². The zero-order valence-corrected chi connectivity index (χ0v) is 14.5. The van der Waals surface area contributed by atoms with Crippen LogP contribution in [0.2, 0.25) is 0 Å². The molecule has 0 radical (unpaired) electrons. The molecule has 0 saturated heterocycles. The van der Waals surface area contributed by atoms with E-state index in [4.69, 9.17) is 0 Å². The van der Waals surface area contributed by atoms with E-state index in [2.05, 4.69) is 19.6 Å². The number of aliphatic carboxylic acids is 1. The lowest BCUT2D eigenvalue weighted by molar-refractivity contribution is -0.164. The number of hydrogen-bond acceptors (Lipinski definition) is 2. The minimum atomic E-state index is -0.618. The largest absolute Gasteiger partial charge is 0.481 e. The fourth-order valence-electron chi connectivity index (χ4n) is 6.04. The van der Waals surface area contributed by atoms with Crippen LogP contribution in [-0.4, -0.2) is 22.8 Å². The maximum Gasteiger partial charge on any atom is 0.309 e. The Labute approximate surface area is 139 Å². The number of hydrogen-bond donors (Lipinski definition) is 2. The molecule has 3 aliphatic carbocycles. The van der Waals surface area contributed by atoms with Crippen molar-refractivity contribution < 1.29 is 15.0 Å². The van der Waals surface area contributed by atoms with E-state index >= 15 is 0 Å². The van der Waals surface area contributed by atoms with Gasteiger partial charge < -0.3 is 10.2 Å². The molecule has 0 bridgehead atoms. The second-order valence-electron chi connectivity index (χ2n) is 8.58. The van der Waals surface area contributed by atoms with Crippen molar-refractivity contribution in [3.63, 3.8) is 0 Å². The molecule has 3 nitrogen and oxygen atoms in total. The molecule has 0 aromatic heterocycles. The van der Waals surface area contributed by atoms with Gasteiger partial charge in [-0.25, -0.2) is 0 Å². The lowest BCUT2D eigenvalue weighted by Crippen LogP contribution is -2.54. The SMILES string of the molecule is C=C[C@]1(CO)C=C2CC[C@@H]3[C@](C)(CCC[C@]3(C)C(=O)O)[C@H]2CC1. The van der Waals surface area contributed by atoms with Crippen LogP contribution in [0.5, 0.6) is 0 Å². The zero-order valence-electron chi connectivity index (χ0n) is 14.5. The summed E-state index contributed by atoms with van der Waals surface area (Å²) in [5, 5.41) is 19.6. The van der Waals surface area contributed by atoms with Crippen molar-refractivity contribution >= 4 is 5.97 Å². The number of aliphatic hydroxyl groups excluding tert-OH is 1. The Balaban J connectivity index is 1.99. The molecule has 2 fully saturated rings. The summed E-state index contributed by atoms with van der Waals surface area (Å²) in [5.41, 5.74) is 0.680. The van der Waals surface area contributed by atoms with Gasteiger partial charge in [0, 0.05) is 5.41 Å². The lowest BCUT2D eigenvalue weighted by Gasteiger charge is -2.59. The summed E-state index contributed by atoms with van der Waals surface area (Å²) in [6.45, 7) is 8.35. The third-order valence-electron chi connectivity index (χ3n) is 7.50. The molecule has 0 spiro atoms. The van der Waals surface area contributed by atoms with Crippen LogP contribution in [0.3, 0.4) is 0 Å². The quantitative estimate of drug-likeness (QED) is 0.768. The maximum atomic E-state index is 12.0. The topological polar surface area (TPSA) is 57.5 Å². The zero-order chi connectivity index (χ0) is 16.9. The first-order valence-corrected chi connectivity index (χ1v) is 9.01. The van der Waals surface area contributed by atoms with E-state index in [-0.39, 0.29) is 23.4 Å². The first kappa shape index (κ1) is 16.8. The number of carboxylic acid groups (broad SMARTS) is 1. The van der Waals surface area contributed by atoms with E-state index in [0.29, 0.717) is 5.92 Å². The predicted molar refractivity (Wildman–Crippen MR) is 90.9 cm³/mol. The maximum absolute atomic E-state index is 12.0. The fraction of sp³-hybridized carbons (Fsp3) is 0.750. The molecule has 3 rings (SSSR count). The molecule has 3 heteroatoms. The Hall–Kier alpha value is -1.09. The van der Waals surface area contributed by atoms with Gasteiger partial charge in [-0.1, -0.05) is 31.1 Å². The number of fused-ring (bicyclic) bond motifs is 3. The monoisotopic (exact) mass is 318 g/mol. The molecule has 0 heterocycles. The normalized spacial score (nSPS) is 46.3. The first-order chi connectivity index (χ1) is 10.8. The van der Waals surface area contributed by atoms with Gasteiger partial charge in [-0.2, -0.15) is 0 Å². The minimum Gasteiger partial charge on any atom is -0.481 e. The van der Waals surface area contributed by atoms with Crippen molar-refractivity contribution in [2.24, 2.45) is 28.1 Å². The van der Waals surface area contributed by atoms with E-state index in [1.54, 1.807) is 0 Å². The Bertz CT molecular complexity index is 551. The number of aliphatic hydroxyl groups is 1. The molecule has 0 aliphatic heterocycles. The standard InChI is InChI=1S/C20H30O3/c1-4-20(13-21)11-8-15-14(12-20)6-7-16-18(15,2)9-5-10-19(16,3)17(22)23/h4,12,15-16,21H,1,5-11,13H2,2-3H3,(H,22,23)/t15-,16+,18+,19-,20+/m0/s1. The van der Waals surface area contributed by atoms with Gasteiger partial charge in [0.25, 0.3) is 0 Å². The van der Waals surface area contributed by atoms with Crippen LogP contribution in [0, 0.1) is 28.1 Å². The van der Waals surface area contributed by atoms with Crippen LogP contribution < -0.4 is 0 Å². The molecular formula is C20H30O3. The predicted octanol–water partition coefficient (Wildman–Crippen LogP) is 4.18. The average molecular weight is 318 g/mol. The molecule has 2 saturated carbocycles. The van der Waals surface area contributed by atoms with Gasteiger partial charge in [-0.05, 0) is 62.7 Å². The van der Waals surface area contributed by atoms with Gasteiger partial charge in [0.1, 0.15) is 0 Å². The summed E-state index contributed by atoms with van der Waals surface area (Å²) >= 11 is 0. The van der Waals surface area contributed by atoms with Gasteiger partial charge in [0.05, 0.1) is 12.0 Å². The Kier molecular flexibility index (Phi) is 3.99. The lowest BCUT2D eigenvalue weighted by atomic mass is 9.45. The molecule has 128 valence electrons. The van der Waals surface area contributed by atoms with Crippen LogP contribution in [0.25, 0.3) is 0 Å². The summed E-state index contributed by atoms with van der Waals surface area (Å²) in [7, 11) is 0. The van der Waals surface area contributed by atoms with Gasteiger partial charge in [0.15, 0.2) is 0 Å². The molecule has 0 unspecified atom stereocenters. The third-order valence-corrected chi connectivity index (χ3v) is 7.50. The van der Waals surface area contributed by atoms with Gasteiger partial charge in [0.2, 0.25) is 0 Å².